The zero-order valence-electron chi connectivity index (χ0n) is 11.8. The van der Waals surface area contributed by atoms with Gasteiger partial charge >= 0.3 is 0 Å². The van der Waals surface area contributed by atoms with Crippen molar-refractivity contribution in [1.82, 2.24) is 0 Å². The van der Waals surface area contributed by atoms with Crippen LogP contribution in [0.3, 0.4) is 0 Å². The van der Waals surface area contributed by atoms with Gasteiger partial charge in [-0.05, 0) is 62.1 Å². The van der Waals surface area contributed by atoms with Gasteiger partial charge in [-0.25, -0.2) is 0 Å². The van der Waals surface area contributed by atoms with Gasteiger partial charge < -0.3 is 10.5 Å². The van der Waals surface area contributed by atoms with Crippen molar-refractivity contribution in [2.45, 2.75) is 33.2 Å². The lowest BCUT2D eigenvalue weighted by atomic mass is 10.0. The minimum atomic E-state index is 0.183. The fourth-order valence-electron chi connectivity index (χ4n) is 2.13. The molecule has 19 heavy (non-hydrogen) atoms. The molecule has 0 saturated heterocycles. The van der Waals surface area contributed by atoms with E-state index in [1.165, 1.54) is 11.1 Å². The van der Waals surface area contributed by atoms with Crippen molar-refractivity contribution < 1.29 is 4.74 Å². The van der Waals surface area contributed by atoms with Crippen LogP contribution in [0.1, 0.15) is 23.6 Å². The summed E-state index contributed by atoms with van der Waals surface area (Å²) in [4.78, 5) is 0. The fraction of sp³-hybridized carbons (Fsp3) is 0.294. The summed E-state index contributed by atoms with van der Waals surface area (Å²) in [5, 5.41) is 0. The zero-order valence-corrected chi connectivity index (χ0v) is 11.8. The molecule has 1 atom stereocenters. The number of nitrogens with two attached hydrogens (primary N) is 1. The number of benzene rings is 2. The van der Waals surface area contributed by atoms with Crippen LogP contribution in [0.15, 0.2) is 42.5 Å². The van der Waals surface area contributed by atoms with Crippen LogP contribution in [0.5, 0.6) is 11.5 Å². The molecule has 0 saturated carbocycles. The van der Waals surface area contributed by atoms with Gasteiger partial charge in [0.1, 0.15) is 11.5 Å². The van der Waals surface area contributed by atoms with E-state index >= 15 is 0 Å². The molecule has 2 heteroatoms. The van der Waals surface area contributed by atoms with Crippen LogP contribution in [0.2, 0.25) is 0 Å². The molecule has 0 aliphatic carbocycles. The molecule has 2 aromatic carbocycles. The summed E-state index contributed by atoms with van der Waals surface area (Å²) in [5.41, 5.74) is 9.41. The molecule has 2 N–H and O–H groups in total. The van der Waals surface area contributed by atoms with Crippen molar-refractivity contribution in [2.75, 3.05) is 0 Å². The van der Waals surface area contributed by atoms with Crippen LogP contribution in [0, 0.1) is 13.8 Å². The molecule has 2 nitrogen and oxygen atoms in total. The maximum Gasteiger partial charge on any atom is 0.130 e. The topological polar surface area (TPSA) is 35.2 Å². The molecular weight excluding hydrogens is 234 g/mol. The van der Waals surface area contributed by atoms with E-state index in [1.807, 2.05) is 31.2 Å². The number of aryl methyl sites for hydroxylation is 2. The molecular formula is C17H21NO. The molecule has 2 rings (SSSR count). The van der Waals surface area contributed by atoms with E-state index in [0.29, 0.717) is 0 Å². The highest BCUT2D eigenvalue weighted by molar-refractivity contribution is 5.40. The Morgan fingerprint density at radius 1 is 1.11 bits per heavy atom. The van der Waals surface area contributed by atoms with E-state index in [9.17, 15) is 0 Å². The average molecular weight is 255 g/mol. The lowest BCUT2D eigenvalue weighted by molar-refractivity contribution is 0.478. The molecule has 0 spiro atoms. The van der Waals surface area contributed by atoms with Crippen LogP contribution in [0.25, 0.3) is 0 Å². The first-order chi connectivity index (χ1) is 9.04. The highest BCUT2D eigenvalue weighted by atomic mass is 16.5. The van der Waals surface area contributed by atoms with E-state index in [1.54, 1.807) is 0 Å². The second kappa shape index (κ2) is 5.89. The Morgan fingerprint density at radius 3 is 2.53 bits per heavy atom. The maximum atomic E-state index is 5.92. The molecule has 0 heterocycles. The summed E-state index contributed by atoms with van der Waals surface area (Å²) in [6.45, 7) is 6.15. The normalized spacial score (nSPS) is 12.2. The predicted octanol–water partition coefficient (Wildman–Crippen LogP) is 3.99. The standard InChI is InChI=1S/C17H21NO/c1-12-5-4-6-16(9-12)19-17-8-7-15(10-13(17)2)11-14(3)18/h4-10,14H,11,18H2,1-3H3. The van der Waals surface area contributed by atoms with Gasteiger partial charge in [0, 0.05) is 6.04 Å². The highest BCUT2D eigenvalue weighted by Gasteiger charge is 2.04. The lowest BCUT2D eigenvalue weighted by Crippen LogP contribution is -2.17. The van der Waals surface area contributed by atoms with Gasteiger partial charge in [-0.2, -0.15) is 0 Å². The van der Waals surface area contributed by atoms with E-state index < -0.39 is 0 Å². The van der Waals surface area contributed by atoms with Crippen molar-refractivity contribution >= 4 is 0 Å². The Labute approximate surface area is 115 Å². The summed E-state index contributed by atoms with van der Waals surface area (Å²) in [6.07, 6.45) is 0.894. The summed E-state index contributed by atoms with van der Waals surface area (Å²) in [5.74, 6) is 1.78. The summed E-state index contributed by atoms with van der Waals surface area (Å²) >= 11 is 0. The number of rotatable bonds is 4. The van der Waals surface area contributed by atoms with Gasteiger partial charge in [0.25, 0.3) is 0 Å². The third kappa shape index (κ3) is 3.83. The molecule has 100 valence electrons. The molecule has 0 aromatic heterocycles. The van der Waals surface area contributed by atoms with Crippen LogP contribution >= 0.6 is 0 Å². The summed E-state index contributed by atoms with van der Waals surface area (Å²) in [6, 6.07) is 14.5. The van der Waals surface area contributed by atoms with E-state index in [2.05, 4.69) is 32.0 Å². The first kappa shape index (κ1) is 13.6. The Balaban J connectivity index is 2.17. The zero-order chi connectivity index (χ0) is 13.8. The fourth-order valence-corrected chi connectivity index (χ4v) is 2.13. The molecule has 0 radical (unpaired) electrons. The lowest BCUT2D eigenvalue weighted by Gasteiger charge is -2.12. The Bertz CT molecular complexity index is 561. The first-order valence-corrected chi connectivity index (χ1v) is 6.64. The molecule has 0 bridgehead atoms. The summed E-state index contributed by atoms with van der Waals surface area (Å²) in [7, 11) is 0. The Morgan fingerprint density at radius 2 is 1.89 bits per heavy atom. The number of hydrogen-bond acceptors (Lipinski definition) is 2. The quantitative estimate of drug-likeness (QED) is 0.896. The van der Waals surface area contributed by atoms with Gasteiger partial charge in [-0.15, -0.1) is 0 Å². The largest absolute Gasteiger partial charge is 0.457 e. The second-order valence-corrected chi connectivity index (χ2v) is 5.20. The molecule has 0 fully saturated rings. The Kier molecular flexibility index (Phi) is 4.23. The Hall–Kier alpha value is -1.80. The van der Waals surface area contributed by atoms with E-state index in [4.69, 9.17) is 10.5 Å². The maximum absolute atomic E-state index is 5.92. The molecule has 2 aromatic rings. The van der Waals surface area contributed by atoms with Crippen LogP contribution in [-0.4, -0.2) is 6.04 Å². The van der Waals surface area contributed by atoms with Crippen molar-refractivity contribution in [3.63, 3.8) is 0 Å². The average Bonchev–Trinajstić information content (AvgIpc) is 2.32. The van der Waals surface area contributed by atoms with Gasteiger partial charge in [-0.3, -0.25) is 0 Å². The molecule has 0 aliphatic heterocycles. The van der Waals surface area contributed by atoms with Crippen molar-refractivity contribution in [1.29, 1.82) is 0 Å². The molecule has 0 amide bonds. The SMILES string of the molecule is Cc1cccc(Oc2ccc(CC(C)N)cc2C)c1. The van der Waals surface area contributed by atoms with Gasteiger partial charge in [0.05, 0.1) is 0 Å². The van der Waals surface area contributed by atoms with Gasteiger partial charge in [0.2, 0.25) is 0 Å². The molecule has 0 aliphatic rings. The number of hydrogen-bond donors (Lipinski definition) is 1. The van der Waals surface area contributed by atoms with Gasteiger partial charge in [0.15, 0.2) is 0 Å². The van der Waals surface area contributed by atoms with Crippen molar-refractivity contribution in [2.24, 2.45) is 5.73 Å². The van der Waals surface area contributed by atoms with Crippen molar-refractivity contribution in [3.05, 3.63) is 59.2 Å². The predicted molar refractivity (Wildman–Crippen MR) is 79.8 cm³/mol. The second-order valence-electron chi connectivity index (χ2n) is 5.20. The van der Waals surface area contributed by atoms with E-state index in [0.717, 1.165) is 23.5 Å². The minimum Gasteiger partial charge on any atom is -0.457 e. The van der Waals surface area contributed by atoms with Crippen molar-refractivity contribution in [3.8, 4) is 11.5 Å². The van der Waals surface area contributed by atoms with Gasteiger partial charge in [-0.1, -0.05) is 24.3 Å². The minimum absolute atomic E-state index is 0.183. The first-order valence-electron chi connectivity index (χ1n) is 6.64. The smallest absolute Gasteiger partial charge is 0.130 e. The number of ether oxygens (including phenoxy) is 1. The monoisotopic (exact) mass is 255 g/mol. The van der Waals surface area contributed by atoms with Crippen LogP contribution < -0.4 is 10.5 Å². The van der Waals surface area contributed by atoms with Crippen LogP contribution in [0.4, 0.5) is 0 Å². The molecule has 1 unspecified atom stereocenters. The third-order valence-electron chi connectivity index (χ3n) is 3.01. The van der Waals surface area contributed by atoms with E-state index in [-0.39, 0.29) is 6.04 Å². The highest BCUT2D eigenvalue weighted by Crippen LogP contribution is 2.26. The van der Waals surface area contributed by atoms with Crippen LogP contribution in [-0.2, 0) is 6.42 Å². The third-order valence-corrected chi connectivity index (χ3v) is 3.01. The summed E-state index contributed by atoms with van der Waals surface area (Å²) < 4.78 is 5.92.